The Hall–Kier alpha value is -2.36. The lowest BCUT2D eigenvalue weighted by Crippen LogP contribution is -2.04. The Morgan fingerprint density at radius 3 is 2.75 bits per heavy atom. The summed E-state index contributed by atoms with van der Waals surface area (Å²) in [6.07, 6.45) is 6.45. The van der Waals surface area contributed by atoms with Gasteiger partial charge in [0, 0.05) is 17.8 Å². The van der Waals surface area contributed by atoms with Gasteiger partial charge in [0.15, 0.2) is 0 Å². The zero-order valence-corrected chi connectivity index (χ0v) is 8.58. The number of primary amides is 1. The van der Waals surface area contributed by atoms with Crippen molar-refractivity contribution in [1.82, 2.24) is 9.78 Å². The average molecular weight is 213 g/mol. The summed E-state index contributed by atoms with van der Waals surface area (Å²) in [5.74, 6) is -0.465. The fourth-order valence-electron chi connectivity index (χ4n) is 1.32. The molecule has 0 fully saturated rings. The van der Waals surface area contributed by atoms with Crippen LogP contribution in [0, 0.1) is 0 Å². The van der Waals surface area contributed by atoms with E-state index in [1.54, 1.807) is 17.0 Å². The highest BCUT2D eigenvalue weighted by Gasteiger charge is 1.97. The number of benzene rings is 1. The van der Waals surface area contributed by atoms with E-state index in [0.717, 1.165) is 11.3 Å². The van der Waals surface area contributed by atoms with E-state index in [-0.39, 0.29) is 0 Å². The topological polar surface area (TPSA) is 60.9 Å². The van der Waals surface area contributed by atoms with Crippen molar-refractivity contribution in [2.24, 2.45) is 5.73 Å². The molecule has 1 aromatic carbocycles. The predicted molar refractivity (Wildman–Crippen MR) is 61.8 cm³/mol. The first-order chi connectivity index (χ1) is 7.75. The molecule has 16 heavy (non-hydrogen) atoms. The zero-order chi connectivity index (χ0) is 11.4. The maximum absolute atomic E-state index is 10.6. The average Bonchev–Trinajstić information content (AvgIpc) is 2.76. The van der Waals surface area contributed by atoms with Crippen LogP contribution in [0.4, 0.5) is 0 Å². The molecule has 80 valence electrons. The maximum Gasteiger partial charge on any atom is 0.241 e. The summed E-state index contributed by atoms with van der Waals surface area (Å²) in [6, 6.07) is 9.73. The first-order valence-corrected chi connectivity index (χ1v) is 4.83. The van der Waals surface area contributed by atoms with Gasteiger partial charge in [-0.15, -0.1) is 0 Å². The SMILES string of the molecule is NC(=O)/C=C/c1cnn(-c2ccccc2)c1. The van der Waals surface area contributed by atoms with E-state index < -0.39 is 5.91 Å². The van der Waals surface area contributed by atoms with Crippen molar-refractivity contribution >= 4 is 12.0 Å². The molecule has 0 aliphatic rings. The summed E-state index contributed by atoms with van der Waals surface area (Å²) in [6.45, 7) is 0. The lowest BCUT2D eigenvalue weighted by Gasteiger charge is -1.98. The quantitative estimate of drug-likeness (QED) is 0.783. The lowest BCUT2D eigenvalue weighted by molar-refractivity contribution is -0.113. The molecule has 1 aromatic heterocycles. The summed E-state index contributed by atoms with van der Waals surface area (Å²) in [5.41, 5.74) is 6.81. The maximum atomic E-state index is 10.6. The molecule has 0 atom stereocenters. The van der Waals surface area contributed by atoms with Crippen LogP contribution in [0.1, 0.15) is 5.56 Å². The second kappa shape index (κ2) is 4.44. The fraction of sp³-hybridized carbons (Fsp3) is 0. The van der Waals surface area contributed by atoms with E-state index in [9.17, 15) is 4.79 Å². The minimum Gasteiger partial charge on any atom is -0.366 e. The van der Waals surface area contributed by atoms with Crippen molar-refractivity contribution < 1.29 is 4.79 Å². The number of para-hydroxylation sites is 1. The van der Waals surface area contributed by atoms with Crippen LogP contribution in [0.3, 0.4) is 0 Å². The Morgan fingerprint density at radius 2 is 2.06 bits per heavy atom. The van der Waals surface area contributed by atoms with Gasteiger partial charge in [-0.3, -0.25) is 4.79 Å². The van der Waals surface area contributed by atoms with Gasteiger partial charge in [0.05, 0.1) is 11.9 Å². The van der Waals surface area contributed by atoms with Crippen LogP contribution in [0.5, 0.6) is 0 Å². The van der Waals surface area contributed by atoms with Gasteiger partial charge < -0.3 is 5.73 Å². The number of hydrogen-bond acceptors (Lipinski definition) is 2. The molecule has 0 saturated carbocycles. The highest BCUT2D eigenvalue weighted by atomic mass is 16.1. The van der Waals surface area contributed by atoms with E-state index in [2.05, 4.69) is 5.10 Å². The summed E-state index contributed by atoms with van der Waals surface area (Å²) in [7, 11) is 0. The minimum atomic E-state index is -0.465. The van der Waals surface area contributed by atoms with Crippen LogP contribution in [-0.2, 0) is 4.79 Å². The molecule has 4 nitrogen and oxygen atoms in total. The first-order valence-electron chi connectivity index (χ1n) is 4.83. The Kier molecular flexibility index (Phi) is 2.82. The standard InChI is InChI=1S/C12H11N3O/c13-12(16)7-6-10-8-14-15(9-10)11-4-2-1-3-5-11/h1-9H,(H2,13,16)/b7-6+. The number of nitrogens with two attached hydrogens (primary N) is 1. The van der Waals surface area contributed by atoms with Crippen LogP contribution < -0.4 is 5.73 Å². The number of carbonyl (C=O) groups excluding carboxylic acids is 1. The summed E-state index contributed by atoms with van der Waals surface area (Å²) in [5, 5.41) is 4.18. The molecule has 2 rings (SSSR count). The number of nitrogens with zero attached hydrogens (tertiary/aromatic N) is 2. The van der Waals surface area contributed by atoms with Crippen LogP contribution in [0.25, 0.3) is 11.8 Å². The molecule has 0 aliphatic carbocycles. The first kappa shape index (κ1) is 10.2. The van der Waals surface area contributed by atoms with E-state index in [4.69, 9.17) is 5.73 Å². The van der Waals surface area contributed by atoms with Crippen LogP contribution >= 0.6 is 0 Å². The van der Waals surface area contributed by atoms with Gasteiger partial charge in [0.2, 0.25) is 5.91 Å². The highest BCUT2D eigenvalue weighted by Crippen LogP contribution is 2.08. The number of rotatable bonds is 3. The Bertz CT molecular complexity index is 514. The molecule has 1 amide bonds. The monoisotopic (exact) mass is 213 g/mol. The third-order valence-corrected chi connectivity index (χ3v) is 2.06. The number of amides is 1. The molecule has 0 aliphatic heterocycles. The van der Waals surface area contributed by atoms with Crippen molar-refractivity contribution in [3.8, 4) is 5.69 Å². The lowest BCUT2D eigenvalue weighted by atomic mass is 10.3. The number of aromatic nitrogens is 2. The van der Waals surface area contributed by atoms with Gasteiger partial charge in [-0.2, -0.15) is 5.10 Å². The minimum absolute atomic E-state index is 0.465. The fourth-order valence-corrected chi connectivity index (χ4v) is 1.32. The molecule has 0 bridgehead atoms. The normalized spacial score (nSPS) is 10.8. The Balaban J connectivity index is 2.23. The van der Waals surface area contributed by atoms with E-state index in [0.29, 0.717) is 0 Å². The predicted octanol–water partition coefficient (Wildman–Crippen LogP) is 1.37. The largest absolute Gasteiger partial charge is 0.366 e. The van der Waals surface area contributed by atoms with Crippen LogP contribution in [-0.4, -0.2) is 15.7 Å². The number of hydrogen-bond donors (Lipinski definition) is 1. The van der Waals surface area contributed by atoms with Crippen molar-refractivity contribution in [3.63, 3.8) is 0 Å². The second-order valence-electron chi connectivity index (χ2n) is 3.29. The van der Waals surface area contributed by atoms with Gasteiger partial charge >= 0.3 is 0 Å². The molecule has 4 heteroatoms. The molecule has 2 N–H and O–H groups in total. The number of carbonyl (C=O) groups is 1. The Labute approximate surface area is 93.0 Å². The Morgan fingerprint density at radius 1 is 1.31 bits per heavy atom. The van der Waals surface area contributed by atoms with E-state index >= 15 is 0 Å². The summed E-state index contributed by atoms with van der Waals surface area (Å²) >= 11 is 0. The molecule has 0 spiro atoms. The smallest absolute Gasteiger partial charge is 0.241 e. The molecule has 0 saturated heterocycles. The van der Waals surface area contributed by atoms with E-state index in [1.807, 2.05) is 36.5 Å². The molecular weight excluding hydrogens is 202 g/mol. The van der Waals surface area contributed by atoms with Crippen LogP contribution in [0.15, 0.2) is 48.8 Å². The van der Waals surface area contributed by atoms with Crippen molar-refractivity contribution in [2.45, 2.75) is 0 Å². The molecule has 0 unspecified atom stereocenters. The van der Waals surface area contributed by atoms with Crippen molar-refractivity contribution in [1.29, 1.82) is 0 Å². The third kappa shape index (κ3) is 2.36. The van der Waals surface area contributed by atoms with Crippen molar-refractivity contribution in [2.75, 3.05) is 0 Å². The van der Waals surface area contributed by atoms with Gasteiger partial charge in [0.25, 0.3) is 0 Å². The summed E-state index contributed by atoms with van der Waals surface area (Å²) < 4.78 is 1.74. The highest BCUT2D eigenvalue weighted by molar-refractivity contribution is 5.90. The molecule has 2 aromatic rings. The molecular formula is C12H11N3O. The van der Waals surface area contributed by atoms with Crippen LogP contribution in [0.2, 0.25) is 0 Å². The van der Waals surface area contributed by atoms with Gasteiger partial charge in [0.1, 0.15) is 0 Å². The summed E-state index contributed by atoms with van der Waals surface area (Å²) in [4.78, 5) is 10.6. The van der Waals surface area contributed by atoms with Gasteiger partial charge in [-0.1, -0.05) is 18.2 Å². The second-order valence-corrected chi connectivity index (χ2v) is 3.29. The molecule has 1 heterocycles. The van der Waals surface area contributed by atoms with Gasteiger partial charge in [-0.05, 0) is 18.2 Å². The molecule has 0 radical (unpaired) electrons. The van der Waals surface area contributed by atoms with E-state index in [1.165, 1.54) is 6.08 Å². The van der Waals surface area contributed by atoms with Gasteiger partial charge in [-0.25, -0.2) is 4.68 Å². The zero-order valence-electron chi connectivity index (χ0n) is 8.58. The van der Waals surface area contributed by atoms with Crippen molar-refractivity contribution in [3.05, 3.63) is 54.4 Å². The third-order valence-electron chi connectivity index (χ3n) is 2.06.